The van der Waals surface area contributed by atoms with Crippen LogP contribution < -0.4 is 0 Å². The summed E-state index contributed by atoms with van der Waals surface area (Å²) >= 11 is 0. The molecular formula is C10H16O. The van der Waals surface area contributed by atoms with Crippen molar-refractivity contribution < 1.29 is 4.74 Å². The van der Waals surface area contributed by atoms with Crippen molar-refractivity contribution in [3.63, 3.8) is 0 Å². The highest BCUT2D eigenvalue weighted by Crippen LogP contribution is 2.36. The monoisotopic (exact) mass is 152 g/mol. The molecule has 1 saturated heterocycles. The number of hydrogen-bond donors (Lipinski definition) is 0. The maximum Gasteiger partial charge on any atom is 0.0790 e. The number of hydrogen-bond acceptors (Lipinski definition) is 1. The second-order valence-electron chi connectivity index (χ2n) is 3.99. The predicted octanol–water partition coefficient (Wildman–Crippen LogP) is 2.38. The first kappa shape index (κ1) is 7.35. The van der Waals surface area contributed by atoms with E-state index in [-0.39, 0.29) is 0 Å². The minimum atomic E-state index is 0.457. The van der Waals surface area contributed by atoms with E-state index in [0.717, 1.165) is 18.4 Å². The molecule has 1 heteroatoms. The molecule has 1 nitrogen and oxygen atoms in total. The zero-order valence-electron chi connectivity index (χ0n) is 7.34. The van der Waals surface area contributed by atoms with E-state index in [4.69, 9.17) is 4.74 Å². The molecule has 11 heavy (non-hydrogen) atoms. The van der Waals surface area contributed by atoms with E-state index in [9.17, 15) is 0 Å². The second kappa shape index (κ2) is 2.63. The lowest BCUT2D eigenvalue weighted by Gasteiger charge is -2.23. The lowest BCUT2D eigenvalue weighted by Crippen LogP contribution is -2.20. The highest BCUT2D eigenvalue weighted by molar-refractivity contribution is 5.10. The van der Waals surface area contributed by atoms with E-state index in [1.807, 2.05) is 0 Å². The summed E-state index contributed by atoms with van der Waals surface area (Å²) in [7, 11) is 0. The van der Waals surface area contributed by atoms with Crippen LogP contribution in [0.3, 0.4) is 0 Å². The van der Waals surface area contributed by atoms with Crippen LogP contribution in [0.1, 0.15) is 26.7 Å². The van der Waals surface area contributed by atoms with Gasteiger partial charge in [-0.1, -0.05) is 18.6 Å². The first-order valence-electron chi connectivity index (χ1n) is 4.56. The van der Waals surface area contributed by atoms with Crippen molar-refractivity contribution in [3.05, 3.63) is 11.6 Å². The Bertz CT molecular complexity index is 183. The van der Waals surface area contributed by atoms with Crippen molar-refractivity contribution in [3.8, 4) is 0 Å². The summed E-state index contributed by atoms with van der Waals surface area (Å²) in [6.45, 7) is 5.49. The Morgan fingerprint density at radius 3 is 3.18 bits per heavy atom. The van der Waals surface area contributed by atoms with Gasteiger partial charge in [-0.2, -0.15) is 0 Å². The van der Waals surface area contributed by atoms with Crippen molar-refractivity contribution in [2.24, 2.45) is 11.8 Å². The molecule has 0 aromatic rings. The van der Waals surface area contributed by atoms with Gasteiger partial charge in [0.2, 0.25) is 0 Å². The molecule has 0 spiro atoms. The summed E-state index contributed by atoms with van der Waals surface area (Å²) < 4.78 is 5.66. The summed E-state index contributed by atoms with van der Waals surface area (Å²) in [5.41, 5.74) is 1.51. The summed E-state index contributed by atoms with van der Waals surface area (Å²) in [6.07, 6.45) is 5.40. The van der Waals surface area contributed by atoms with Crippen LogP contribution in [0.25, 0.3) is 0 Å². The summed E-state index contributed by atoms with van der Waals surface area (Å²) in [5.74, 6) is 1.60. The largest absolute Gasteiger partial charge is 0.374 e. The molecule has 0 unspecified atom stereocenters. The first-order valence-corrected chi connectivity index (χ1v) is 4.56. The molecule has 1 fully saturated rings. The van der Waals surface area contributed by atoms with Gasteiger partial charge >= 0.3 is 0 Å². The molecular weight excluding hydrogens is 136 g/mol. The normalized spacial score (nSPS) is 43.5. The molecule has 0 bridgehead atoms. The van der Waals surface area contributed by atoms with E-state index in [1.165, 1.54) is 18.4 Å². The molecule has 0 aromatic heterocycles. The molecule has 0 amide bonds. The molecule has 0 N–H and O–H groups in total. The van der Waals surface area contributed by atoms with Gasteiger partial charge in [0.1, 0.15) is 0 Å². The predicted molar refractivity (Wildman–Crippen MR) is 45.4 cm³/mol. The van der Waals surface area contributed by atoms with E-state index < -0.39 is 0 Å². The minimum absolute atomic E-state index is 0.457. The Hall–Kier alpha value is -0.300. The maximum atomic E-state index is 5.66. The topological polar surface area (TPSA) is 9.23 Å². The van der Waals surface area contributed by atoms with Gasteiger partial charge in [0, 0.05) is 0 Å². The lowest BCUT2D eigenvalue weighted by molar-refractivity contribution is 0.120. The van der Waals surface area contributed by atoms with Crippen molar-refractivity contribution in [1.82, 2.24) is 0 Å². The van der Waals surface area contributed by atoms with Crippen LogP contribution in [0, 0.1) is 11.8 Å². The number of fused-ring (bicyclic) bond motifs is 1. The number of allylic oxidation sites excluding steroid dienone is 1. The van der Waals surface area contributed by atoms with Gasteiger partial charge in [0.15, 0.2) is 0 Å². The van der Waals surface area contributed by atoms with Gasteiger partial charge in [-0.05, 0) is 31.6 Å². The molecule has 2 aliphatic rings. The fourth-order valence-corrected chi connectivity index (χ4v) is 2.21. The number of ether oxygens (including phenoxy) is 1. The molecule has 0 aromatic carbocycles. The van der Waals surface area contributed by atoms with Gasteiger partial charge in [0.05, 0.1) is 12.7 Å². The third-order valence-electron chi connectivity index (χ3n) is 3.03. The maximum absolute atomic E-state index is 5.66. The van der Waals surface area contributed by atoms with Gasteiger partial charge in [0.25, 0.3) is 0 Å². The van der Waals surface area contributed by atoms with Crippen LogP contribution in [0.4, 0.5) is 0 Å². The Labute approximate surface area is 68.4 Å². The van der Waals surface area contributed by atoms with Crippen LogP contribution in [-0.2, 0) is 4.74 Å². The van der Waals surface area contributed by atoms with E-state index in [1.54, 1.807) is 0 Å². The SMILES string of the molecule is CC1=C[C@H]2OC[C@@H](C)[C@@H]2CC1. The van der Waals surface area contributed by atoms with Crippen LogP contribution in [0.5, 0.6) is 0 Å². The highest BCUT2D eigenvalue weighted by Gasteiger charge is 2.34. The standard InChI is InChI=1S/C10H16O/c1-7-3-4-9-8(2)6-11-10(9)5-7/h5,8-10H,3-4,6H2,1-2H3/t8-,9+,10-/m1/s1. The van der Waals surface area contributed by atoms with Crippen LogP contribution >= 0.6 is 0 Å². The van der Waals surface area contributed by atoms with Crippen LogP contribution in [0.2, 0.25) is 0 Å². The molecule has 62 valence electrons. The third-order valence-corrected chi connectivity index (χ3v) is 3.03. The summed E-state index contributed by atoms with van der Waals surface area (Å²) in [4.78, 5) is 0. The van der Waals surface area contributed by atoms with E-state index >= 15 is 0 Å². The van der Waals surface area contributed by atoms with Crippen molar-refractivity contribution in [1.29, 1.82) is 0 Å². The zero-order chi connectivity index (χ0) is 7.84. The Kier molecular flexibility index (Phi) is 1.76. The summed E-state index contributed by atoms with van der Waals surface area (Å²) in [5, 5.41) is 0. The Balaban J connectivity index is 2.14. The Morgan fingerprint density at radius 2 is 2.36 bits per heavy atom. The van der Waals surface area contributed by atoms with Gasteiger partial charge in [-0.3, -0.25) is 0 Å². The molecule has 2 rings (SSSR count). The Morgan fingerprint density at radius 1 is 1.55 bits per heavy atom. The third kappa shape index (κ3) is 1.22. The van der Waals surface area contributed by atoms with Crippen LogP contribution in [0.15, 0.2) is 11.6 Å². The van der Waals surface area contributed by atoms with E-state index in [2.05, 4.69) is 19.9 Å². The van der Waals surface area contributed by atoms with Crippen molar-refractivity contribution >= 4 is 0 Å². The van der Waals surface area contributed by atoms with Gasteiger partial charge < -0.3 is 4.74 Å². The molecule has 1 aliphatic heterocycles. The van der Waals surface area contributed by atoms with Crippen LogP contribution in [-0.4, -0.2) is 12.7 Å². The number of rotatable bonds is 0. The molecule has 1 heterocycles. The first-order chi connectivity index (χ1) is 5.27. The quantitative estimate of drug-likeness (QED) is 0.484. The molecule has 0 saturated carbocycles. The minimum Gasteiger partial charge on any atom is -0.374 e. The van der Waals surface area contributed by atoms with Gasteiger partial charge in [-0.25, -0.2) is 0 Å². The fraction of sp³-hybridized carbons (Fsp3) is 0.800. The van der Waals surface area contributed by atoms with Crippen molar-refractivity contribution in [2.45, 2.75) is 32.8 Å². The second-order valence-corrected chi connectivity index (χ2v) is 3.99. The zero-order valence-corrected chi connectivity index (χ0v) is 7.34. The summed E-state index contributed by atoms with van der Waals surface area (Å²) in [6, 6.07) is 0. The molecule has 3 atom stereocenters. The van der Waals surface area contributed by atoms with E-state index in [0.29, 0.717) is 6.10 Å². The highest BCUT2D eigenvalue weighted by atomic mass is 16.5. The van der Waals surface area contributed by atoms with Crippen molar-refractivity contribution in [2.75, 3.05) is 6.61 Å². The lowest BCUT2D eigenvalue weighted by atomic mass is 9.82. The fourth-order valence-electron chi connectivity index (χ4n) is 2.21. The van der Waals surface area contributed by atoms with Gasteiger partial charge in [-0.15, -0.1) is 0 Å². The average molecular weight is 152 g/mol. The smallest absolute Gasteiger partial charge is 0.0790 e. The molecule has 0 radical (unpaired) electrons. The average Bonchev–Trinajstić information content (AvgIpc) is 2.32. The molecule has 1 aliphatic carbocycles.